The van der Waals surface area contributed by atoms with Crippen molar-refractivity contribution < 1.29 is 9.53 Å². The average molecular weight is 440 g/mol. The van der Waals surface area contributed by atoms with E-state index in [4.69, 9.17) is 9.72 Å². The lowest BCUT2D eigenvalue weighted by atomic mass is 10.0. The highest BCUT2D eigenvalue weighted by atomic mass is 16.5. The lowest BCUT2D eigenvalue weighted by molar-refractivity contribution is 0.0954. The molecule has 0 saturated carbocycles. The molecule has 33 heavy (non-hydrogen) atoms. The summed E-state index contributed by atoms with van der Waals surface area (Å²) < 4.78 is 5.92. The van der Waals surface area contributed by atoms with Gasteiger partial charge in [-0.05, 0) is 63.1 Å². The Kier molecular flexibility index (Phi) is 6.68. The minimum absolute atomic E-state index is 0.0923. The summed E-state index contributed by atoms with van der Waals surface area (Å²) in [5.41, 5.74) is 7.59. The predicted octanol–water partition coefficient (Wildman–Crippen LogP) is 5.59. The van der Waals surface area contributed by atoms with Crippen LogP contribution in [0.5, 0.6) is 5.75 Å². The topological polar surface area (TPSA) is 64.1 Å². The number of carbonyl (C=O) groups is 1. The molecule has 4 aromatic rings. The number of aryl methyl sites for hydroxylation is 3. The molecule has 2 heterocycles. The zero-order valence-corrected chi connectivity index (χ0v) is 19.6. The van der Waals surface area contributed by atoms with E-state index < -0.39 is 0 Å². The van der Waals surface area contributed by atoms with E-state index in [1.54, 1.807) is 6.20 Å². The molecule has 0 aliphatic carbocycles. The van der Waals surface area contributed by atoms with Crippen LogP contribution in [0.25, 0.3) is 22.2 Å². The largest absolute Gasteiger partial charge is 0.491 e. The zero-order chi connectivity index (χ0) is 23.4. The molecule has 4 rings (SSSR count). The van der Waals surface area contributed by atoms with Gasteiger partial charge >= 0.3 is 0 Å². The molecule has 0 atom stereocenters. The van der Waals surface area contributed by atoms with Gasteiger partial charge in [-0.2, -0.15) is 0 Å². The normalized spacial score (nSPS) is 10.9. The molecular weight excluding hydrogens is 410 g/mol. The summed E-state index contributed by atoms with van der Waals surface area (Å²) in [5.74, 6) is 0.722. The van der Waals surface area contributed by atoms with Gasteiger partial charge in [-0.3, -0.25) is 9.78 Å². The Morgan fingerprint density at radius 3 is 2.55 bits per heavy atom. The van der Waals surface area contributed by atoms with Crippen molar-refractivity contribution in [3.05, 3.63) is 88.7 Å². The van der Waals surface area contributed by atoms with E-state index in [0.29, 0.717) is 25.1 Å². The fourth-order valence-corrected chi connectivity index (χ4v) is 4.00. The van der Waals surface area contributed by atoms with Crippen molar-refractivity contribution in [1.29, 1.82) is 0 Å². The predicted molar refractivity (Wildman–Crippen MR) is 133 cm³/mol. The quantitative estimate of drug-likeness (QED) is 0.407. The third-order valence-corrected chi connectivity index (χ3v) is 5.65. The number of hydrogen-bond donors (Lipinski definition) is 1. The van der Waals surface area contributed by atoms with Gasteiger partial charge in [0.05, 0.1) is 12.1 Å². The highest BCUT2D eigenvalue weighted by molar-refractivity contribution is 5.98. The van der Waals surface area contributed by atoms with E-state index in [9.17, 15) is 4.79 Å². The minimum atomic E-state index is -0.0923. The molecule has 2 aromatic carbocycles. The smallest absolute Gasteiger partial charge is 0.251 e. The van der Waals surface area contributed by atoms with E-state index in [-0.39, 0.29) is 5.91 Å². The van der Waals surface area contributed by atoms with E-state index in [0.717, 1.165) is 44.7 Å². The van der Waals surface area contributed by atoms with E-state index in [1.807, 2.05) is 51.1 Å². The van der Waals surface area contributed by atoms with Crippen molar-refractivity contribution in [1.82, 2.24) is 15.3 Å². The number of ether oxygens (including phenoxy) is 1. The SMILES string of the molecule is CCOc1c(C)cc(CCNC(=O)c2cc(C)c3ncccc3c2)nc1-c1ccc(C)cc1. The molecule has 1 amide bonds. The lowest BCUT2D eigenvalue weighted by Crippen LogP contribution is -2.26. The lowest BCUT2D eigenvalue weighted by Gasteiger charge is -2.15. The Balaban J connectivity index is 1.51. The zero-order valence-electron chi connectivity index (χ0n) is 19.6. The molecule has 0 bridgehead atoms. The van der Waals surface area contributed by atoms with Crippen LogP contribution < -0.4 is 10.1 Å². The standard InChI is InChI=1S/C28H29N3O2/c1-5-33-27-20(4)16-24(31-26(27)21-10-8-18(2)9-11-21)12-14-30-28(32)23-15-19(3)25-22(17-23)7-6-13-29-25/h6-11,13,15-17H,5,12,14H2,1-4H3,(H,30,32). The van der Waals surface area contributed by atoms with Crippen molar-refractivity contribution in [2.24, 2.45) is 0 Å². The van der Waals surface area contributed by atoms with Crippen LogP contribution in [0.3, 0.4) is 0 Å². The summed E-state index contributed by atoms with van der Waals surface area (Å²) in [6.07, 6.45) is 2.40. The fourth-order valence-electron chi connectivity index (χ4n) is 4.00. The van der Waals surface area contributed by atoms with Crippen molar-refractivity contribution in [3.63, 3.8) is 0 Å². The maximum Gasteiger partial charge on any atom is 0.251 e. The molecule has 0 fully saturated rings. The van der Waals surface area contributed by atoms with E-state index in [1.165, 1.54) is 5.56 Å². The number of nitrogens with zero attached hydrogens (tertiary/aromatic N) is 2. The van der Waals surface area contributed by atoms with Crippen molar-refractivity contribution in [2.75, 3.05) is 13.2 Å². The van der Waals surface area contributed by atoms with Crippen LogP contribution in [-0.4, -0.2) is 29.0 Å². The van der Waals surface area contributed by atoms with Crippen LogP contribution in [0.1, 0.15) is 39.7 Å². The highest BCUT2D eigenvalue weighted by Crippen LogP contribution is 2.32. The van der Waals surface area contributed by atoms with Crippen LogP contribution in [0, 0.1) is 20.8 Å². The molecule has 2 aromatic heterocycles. The molecule has 0 aliphatic rings. The Labute approximate surface area is 194 Å². The van der Waals surface area contributed by atoms with Gasteiger partial charge in [0.2, 0.25) is 0 Å². The van der Waals surface area contributed by atoms with Gasteiger partial charge in [0.1, 0.15) is 11.4 Å². The summed E-state index contributed by atoms with van der Waals surface area (Å²) in [7, 11) is 0. The summed E-state index contributed by atoms with van der Waals surface area (Å²) in [6, 6.07) is 18.0. The summed E-state index contributed by atoms with van der Waals surface area (Å²) >= 11 is 0. The Hall–Kier alpha value is -3.73. The van der Waals surface area contributed by atoms with Crippen LogP contribution in [-0.2, 0) is 6.42 Å². The van der Waals surface area contributed by atoms with Gasteiger partial charge in [-0.25, -0.2) is 4.98 Å². The third-order valence-electron chi connectivity index (χ3n) is 5.65. The van der Waals surface area contributed by atoms with Gasteiger partial charge in [-0.1, -0.05) is 35.9 Å². The molecule has 0 spiro atoms. The highest BCUT2D eigenvalue weighted by Gasteiger charge is 2.14. The van der Waals surface area contributed by atoms with E-state index >= 15 is 0 Å². The van der Waals surface area contributed by atoms with Gasteiger partial charge < -0.3 is 10.1 Å². The molecule has 5 heteroatoms. The van der Waals surface area contributed by atoms with Crippen LogP contribution in [0.15, 0.2) is 60.8 Å². The second kappa shape index (κ2) is 9.82. The van der Waals surface area contributed by atoms with Crippen LogP contribution in [0.4, 0.5) is 0 Å². The first-order chi connectivity index (χ1) is 16.0. The number of fused-ring (bicyclic) bond motifs is 1. The maximum absolute atomic E-state index is 12.8. The molecular formula is C28H29N3O2. The number of carbonyl (C=O) groups excluding carboxylic acids is 1. The molecule has 0 saturated heterocycles. The number of hydrogen-bond acceptors (Lipinski definition) is 4. The van der Waals surface area contributed by atoms with Crippen molar-refractivity contribution in [3.8, 4) is 17.0 Å². The first kappa shape index (κ1) is 22.5. The van der Waals surface area contributed by atoms with Gasteiger partial charge in [0.25, 0.3) is 5.91 Å². The number of rotatable bonds is 7. The Morgan fingerprint density at radius 1 is 1.00 bits per heavy atom. The Morgan fingerprint density at radius 2 is 1.79 bits per heavy atom. The number of aromatic nitrogens is 2. The van der Waals surface area contributed by atoms with Gasteiger partial charge in [0.15, 0.2) is 0 Å². The number of nitrogens with one attached hydrogen (secondary N) is 1. The number of amides is 1. The molecule has 0 aliphatic heterocycles. The van der Waals surface area contributed by atoms with Crippen LogP contribution >= 0.6 is 0 Å². The molecule has 0 radical (unpaired) electrons. The molecule has 5 nitrogen and oxygen atoms in total. The first-order valence-electron chi connectivity index (χ1n) is 11.3. The van der Waals surface area contributed by atoms with Crippen molar-refractivity contribution >= 4 is 16.8 Å². The minimum Gasteiger partial charge on any atom is -0.491 e. The van der Waals surface area contributed by atoms with Crippen molar-refractivity contribution in [2.45, 2.75) is 34.1 Å². The fraction of sp³-hybridized carbons (Fsp3) is 0.250. The third kappa shape index (κ3) is 5.03. The first-order valence-corrected chi connectivity index (χ1v) is 11.3. The van der Waals surface area contributed by atoms with E-state index in [2.05, 4.69) is 41.5 Å². The monoisotopic (exact) mass is 439 g/mol. The van der Waals surface area contributed by atoms with Gasteiger partial charge in [-0.15, -0.1) is 0 Å². The van der Waals surface area contributed by atoms with Crippen LogP contribution in [0.2, 0.25) is 0 Å². The maximum atomic E-state index is 12.8. The molecule has 0 unspecified atom stereocenters. The average Bonchev–Trinajstić information content (AvgIpc) is 2.81. The second-order valence-electron chi connectivity index (χ2n) is 8.28. The summed E-state index contributed by atoms with van der Waals surface area (Å²) in [4.78, 5) is 22.1. The summed E-state index contributed by atoms with van der Waals surface area (Å²) in [5, 5.41) is 4.00. The number of benzene rings is 2. The molecule has 168 valence electrons. The summed E-state index contributed by atoms with van der Waals surface area (Å²) in [6.45, 7) is 9.14. The number of pyridine rings is 2. The van der Waals surface area contributed by atoms with Gasteiger partial charge in [0, 0.05) is 41.4 Å². The Bertz CT molecular complexity index is 1300. The molecule has 1 N–H and O–H groups in total. The second-order valence-corrected chi connectivity index (χ2v) is 8.28.